The standard InChI is InChI=1S/C23H28Cl4O2/c1-2-3-4-5-6-7-8-9-10-17(18-11-15(24)13-20(26)22(18)28)19-12-16(25)14-21(27)23(19)29/h11-14,17,28-29H,2-10H2,1H3. The molecule has 2 nitrogen and oxygen atoms in total. The van der Waals surface area contributed by atoms with Crippen LogP contribution in [0.1, 0.15) is 81.8 Å². The summed E-state index contributed by atoms with van der Waals surface area (Å²) in [6, 6.07) is 6.37. The molecule has 0 spiro atoms. The summed E-state index contributed by atoms with van der Waals surface area (Å²) < 4.78 is 0. The third-order valence-electron chi connectivity index (χ3n) is 5.21. The molecule has 2 aromatic rings. The summed E-state index contributed by atoms with van der Waals surface area (Å²) in [5.41, 5.74) is 1.14. The van der Waals surface area contributed by atoms with E-state index in [-0.39, 0.29) is 27.5 Å². The van der Waals surface area contributed by atoms with Crippen LogP contribution in [0, 0.1) is 0 Å². The summed E-state index contributed by atoms with van der Waals surface area (Å²) in [6.45, 7) is 2.22. The molecule has 0 unspecified atom stereocenters. The van der Waals surface area contributed by atoms with Crippen molar-refractivity contribution in [1.29, 1.82) is 0 Å². The van der Waals surface area contributed by atoms with Crippen molar-refractivity contribution >= 4 is 46.4 Å². The molecule has 2 rings (SSSR count). The quantitative estimate of drug-likeness (QED) is 0.316. The maximum Gasteiger partial charge on any atom is 0.138 e. The molecule has 0 aliphatic carbocycles. The first kappa shape index (κ1) is 24.5. The van der Waals surface area contributed by atoms with Gasteiger partial charge in [0.1, 0.15) is 11.5 Å². The number of rotatable bonds is 11. The first-order valence-electron chi connectivity index (χ1n) is 10.2. The first-order valence-corrected chi connectivity index (χ1v) is 11.7. The number of phenols is 2. The van der Waals surface area contributed by atoms with E-state index in [9.17, 15) is 10.2 Å². The van der Waals surface area contributed by atoms with Gasteiger partial charge in [0.05, 0.1) is 10.0 Å². The second-order valence-corrected chi connectivity index (χ2v) is 9.15. The average molecular weight is 478 g/mol. The summed E-state index contributed by atoms with van der Waals surface area (Å²) in [5.74, 6) is -0.380. The molecule has 29 heavy (non-hydrogen) atoms. The van der Waals surface area contributed by atoms with Gasteiger partial charge in [-0.2, -0.15) is 0 Å². The van der Waals surface area contributed by atoms with Crippen LogP contribution < -0.4 is 0 Å². The van der Waals surface area contributed by atoms with Crippen molar-refractivity contribution in [2.45, 2.75) is 70.6 Å². The Balaban J connectivity index is 2.20. The summed E-state index contributed by atoms with van der Waals surface area (Å²) in [7, 11) is 0. The van der Waals surface area contributed by atoms with Crippen molar-refractivity contribution < 1.29 is 10.2 Å². The zero-order chi connectivity index (χ0) is 21.4. The number of phenolic OH excluding ortho intramolecular Hbond substituents is 2. The van der Waals surface area contributed by atoms with Crippen LogP contribution in [-0.4, -0.2) is 10.2 Å². The fourth-order valence-electron chi connectivity index (χ4n) is 3.66. The molecule has 6 heteroatoms. The highest BCUT2D eigenvalue weighted by Gasteiger charge is 2.24. The smallest absolute Gasteiger partial charge is 0.138 e. The van der Waals surface area contributed by atoms with Crippen LogP contribution in [-0.2, 0) is 0 Å². The number of benzene rings is 2. The second-order valence-electron chi connectivity index (χ2n) is 7.47. The summed E-state index contributed by atoms with van der Waals surface area (Å²) in [4.78, 5) is 0. The maximum atomic E-state index is 10.6. The Morgan fingerprint density at radius 1 is 0.655 bits per heavy atom. The Morgan fingerprint density at radius 3 is 1.52 bits per heavy atom. The Bertz CT molecular complexity index is 750. The van der Waals surface area contributed by atoms with E-state index in [1.165, 1.54) is 50.7 Å². The highest BCUT2D eigenvalue weighted by molar-refractivity contribution is 6.36. The van der Waals surface area contributed by atoms with Gasteiger partial charge >= 0.3 is 0 Å². The Hall–Kier alpha value is -0.800. The largest absolute Gasteiger partial charge is 0.506 e. The number of aromatic hydroxyl groups is 2. The van der Waals surface area contributed by atoms with Gasteiger partial charge in [-0.1, -0.05) is 105 Å². The molecule has 0 atom stereocenters. The van der Waals surface area contributed by atoms with Gasteiger partial charge < -0.3 is 10.2 Å². The van der Waals surface area contributed by atoms with Crippen molar-refractivity contribution in [1.82, 2.24) is 0 Å². The number of hydrogen-bond donors (Lipinski definition) is 2. The predicted octanol–water partition coefficient (Wildman–Crippen LogP) is 9.37. The SMILES string of the molecule is CCCCCCCCCCC(c1cc(Cl)cc(Cl)c1O)c1cc(Cl)cc(Cl)c1O. The lowest BCUT2D eigenvalue weighted by molar-refractivity contribution is 0.447. The van der Waals surface area contributed by atoms with Crippen LogP contribution in [0.3, 0.4) is 0 Å². The van der Waals surface area contributed by atoms with E-state index in [4.69, 9.17) is 46.4 Å². The van der Waals surface area contributed by atoms with Crippen LogP contribution >= 0.6 is 46.4 Å². The molecule has 2 aromatic carbocycles. The van der Waals surface area contributed by atoms with Crippen molar-refractivity contribution in [3.8, 4) is 11.5 Å². The molecule has 0 saturated heterocycles. The normalized spacial score (nSPS) is 11.4. The molecule has 0 aliphatic rings. The molecule has 0 heterocycles. The highest BCUT2D eigenvalue weighted by atomic mass is 35.5. The molecule has 160 valence electrons. The summed E-state index contributed by atoms with van der Waals surface area (Å²) in [5, 5.41) is 22.4. The first-order chi connectivity index (χ1) is 13.8. The topological polar surface area (TPSA) is 40.5 Å². The monoisotopic (exact) mass is 476 g/mol. The van der Waals surface area contributed by atoms with E-state index < -0.39 is 0 Å². The molecule has 0 amide bonds. The molecule has 0 bridgehead atoms. The van der Waals surface area contributed by atoms with E-state index >= 15 is 0 Å². The number of halogens is 4. The molecule has 0 aliphatic heterocycles. The van der Waals surface area contributed by atoms with Gasteiger partial charge in [-0.3, -0.25) is 0 Å². The van der Waals surface area contributed by atoms with Gasteiger partial charge in [-0.25, -0.2) is 0 Å². The molecular weight excluding hydrogens is 450 g/mol. The van der Waals surface area contributed by atoms with Gasteiger partial charge in [0.2, 0.25) is 0 Å². The number of hydrogen-bond acceptors (Lipinski definition) is 2. The third kappa shape index (κ3) is 7.14. The van der Waals surface area contributed by atoms with Crippen LogP contribution in [0.5, 0.6) is 11.5 Å². The van der Waals surface area contributed by atoms with E-state index in [0.29, 0.717) is 27.6 Å². The Labute approximate surface area is 193 Å². The van der Waals surface area contributed by atoms with Crippen LogP contribution in [0.25, 0.3) is 0 Å². The fourth-order valence-corrected chi connectivity index (χ4v) is 4.68. The Morgan fingerprint density at radius 2 is 1.07 bits per heavy atom. The number of unbranched alkanes of at least 4 members (excludes halogenated alkanes) is 7. The minimum Gasteiger partial charge on any atom is -0.506 e. The van der Waals surface area contributed by atoms with Crippen molar-refractivity contribution in [3.63, 3.8) is 0 Å². The second kappa shape index (κ2) is 12.2. The van der Waals surface area contributed by atoms with E-state index in [2.05, 4.69) is 6.92 Å². The molecule has 0 fully saturated rings. The Kier molecular flexibility index (Phi) is 10.3. The summed E-state index contributed by atoms with van der Waals surface area (Å²) >= 11 is 24.7. The van der Waals surface area contributed by atoms with Gasteiger partial charge in [0.25, 0.3) is 0 Å². The zero-order valence-corrected chi connectivity index (χ0v) is 19.7. The minimum absolute atomic E-state index is 0.0314. The lowest BCUT2D eigenvalue weighted by Crippen LogP contribution is -2.04. The zero-order valence-electron chi connectivity index (χ0n) is 16.7. The maximum absolute atomic E-state index is 10.6. The lowest BCUT2D eigenvalue weighted by Gasteiger charge is -2.22. The van der Waals surface area contributed by atoms with Crippen molar-refractivity contribution in [2.75, 3.05) is 0 Å². The van der Waals surface area contributed by atoms with Crippen LogP contribution in [0.2, 0.25) is 20.1 Å². The summed E-state index contributed by atoms with van der Waals surface area (Å²) in [6.07, 6.45) is 10.2. The lowest BCUT2D eigenvalue weighted by atomic mass is 9.85. The van der Waals surface area contributed by atoms with Crippen LogP contribution in [0.4, 0.5) is 0 Å². The van der Waals surface area contributed by atoms with Gasteiger partial charge in [-0.05, 0) is 30.7 Å². The van der Waals surface area contributed by atoms with Gasteiger partial charge in [-0.15, -0.1) is 0 Å². The molecule has 0 radical (unpaired) electrons. The molecule has 2 N–H and O–H groups in total. The molecule has 0 saturated carbocycles. The van der Waals surface area contributed by atoms with Crippen LogP contribution in [0.15, 0.2) is 24.3 Å². The van der Waals surface area contributed by atoms with Gasteiger partial charge in [0, 0.05) is 27.1 Å². The van der Waals surface area contributed by atoms with E-state index in [0.717, 1.165) is 12.8 Å². The van der Waals surface area contributed by atoms with E-state index in [1.54, 1.807) is 12.1 Å². The molecule has 0 aromatic heterocycles. The predicted molar refractivity (Wildman–Crippen MR) is 125 cm³/mol. The van der Waals surface area contributed by atoms with Crippen molar-refractivity contribution in [3.05, 3.63) is 55.5 Å². The highest BCUT2D eigenvalue weighted by Crippen LogP contribution is 2.45. The third-order valence-corrected chi connectivity index (χ3v) is 6.23. The molecular formula is C23H28Cl4O2. The van der Waals surface area contributed by atoms with Crippen molar-refractivity contribution in [2.24, 2.45) is 0 Å². The minimum atomic E-state index is -0.317. The van der Waals surface area contributed by atoms with Gasteiger partial charge in [0.15, 0.2) is 0 Å². The average Bonchev–Trinajstić information content (AvgIpc) is 2.67. The fraction of sp³-hybridized carbons (Fsp3) is 0.478. The van der Waals surface area contributed by atoms with E-state index in [1.807, 2.05) is 0 Å².